The van der Waals surface area contributed by atoms with Crippen molar-refractivity contribution in [1.82, 2.24) is 0 Å². The molecule has 0 radical (unpaired) electrons. The van der Waals surface area contributed by atoms with Crippen LogP contribution in [0.4, 0.5) is 5.00 Å². The third kappa shape index (κ3) is 4.46. The first-order chi connectivity index (χ1) is 13.8. The number of hydrogen-bond acceptors (Lipinski definition) is 5. The first-order valence-electron chi connectivity index (χ1n) is 9.34. The van der Waals surface area contributed by atoms with E-state index in [1.807, 2.05) is 6.92 Å². The summed E-state index contributed by atoms with van der Waals surface area (Å²) >= 11 is 7.25. The van der Waals surface area contributed by atoms with E-state index in [0.29, 0.717) is 28.4 Å². The van der Waals surface area contributed by atoms with Gasteiger partial charge in [0.05, 0.1) is 18.9 Å². The number of esters is 1. The van der Waals surface area contributed by atoms with Crippen LogP contribution < -0.4 is 5.32 Å². The zero-order valence-electron chi connectivity index (χ0n) is 16.2. The van der Waals surface area contributed by atoms with Crippen LogP contribution in [0.25, 0.3) is 11.1 Å². The second kappa shape index (κ2) is 8.97. The fraction of sp³-hybridized carbons (Fsp3) is 0.381. The minimum absolute atomic E-state index is 0.272. The molecular formula is C21H22ClNO5S. The van der Waals surface area contributed by atoms with Gasteiger partial charge in [-0.3, -0.25) is 9.59 Å². The monoisotopic (exact) mass is 435 g/mol. The largest absolute Gasteiger partial charge is 0.481 e. The summed E-state index contributed by atoms with van der Waals surface area (Å²) in [7, 11) is 1.29. The van der Waals surface area contributed by atoms with E-state index in [1.165, 1.54) is 18.4 Å². The summed E-state index contributed by atoms with van der Waals surface area (Å²) in [4.78, 5) is 37.8. The molecule has 29 heavy (non-hydrogen) atoms. The Labute approximate surface area is 177 Å². The number of aryl methyl sites for hydroxylation is 1. The lowest BCUT2D eigenvalue weighted by Gasteiger charge is -2.27. The highest BCUT2D eigenvalue weighted by molar-refractivity contribution is 7.17. The van der Waals surface area contributed by atoms with Crippen molar-refractivity contribution in [1.29, 1.82) is 0 Å². The molecule has 1 saturated carbocycles. The van der Waals surface area contributed by atoms with Crippen molar-refractivity contribution in [2.75, 3.05) is 12.4 Å². The number of anilines is 1. The summed E-state index contributed by atoms with van der Waals surface area (Å²) < 4.78 is 4.96. The fourth-order valence-electron chi connectivity index (χ4n) is 3.84. The van der Waals surface area contributed by atoms with Crippen molar-refractivity contribution in [2.45, 2.75) is 32.6 Å². The van der Waals surface area contributed by atoms with Crippen LogP contribution in [-0.4, -0.2) is 30.1 Å². The van der Waals surface area contributed by atoms with Crippen LogP contribution in [0, 0.1) is 18.8 Å². The van der Waals surface area contributed by atoms with E-state index < -0.39 is 23.8 Å². The van der Waals surface area contributed by atoms with E-state index in [1.54, 1.807) is 24.3 Å². The molecule has 154 valence electrons. The average Bonchev–Trinajstić information content (AvgIpc) is 3.03. The predicted molar refractivity (Wildman–Crippen MR) is 113 cm³/mol. The Hall–Kier alpha value is -2.38. The lowest BCUT2D eigenvalue weighted by molar-refractivity contribution is -0.147. The van der Waals surface area contributed by atoms with Crippen LogP contribution in [0.5, 0.6) is 0 Å². The van der Waals surface area contributed by atoms with Gasteiger partial charge in [-0.1, -0.05) is 36.6 Å². The number of aliphatic carboxylic acids is 1. The number of methoxy groups -OCH3 is 1. The van der Waals surface area contributed by atoms with Gasteiger partial charge in [0, 0.05) is 15.5 Å². The molecule has 2 aromatic rings. The molecule has 1 amide bonds. The molecule has 0 spiro atoms. The Morgan fingerprint density at radius 3 is 2.34 bits per heavy atom. The van der Waals surface area contributed by atoms with Crippen molar-refractivity contribution in [3.63, 3.8) is 0 Å². The molecule has 2 atom stereocenters. The summed E-state index contributed by atoms with van der Waals surface area (Å²) in [5.74, 6) is -3.21. The van der Waals surface area contributed by atoms with Gasteiger partial charge < -0.3 is 15.2 Å². The number of amides is 1. The number of hydrogen-bond donors (Lipinski definition) is 2. The van der Waals surface area contributed by atoms with Crippen molar-refractivity contribution in [3.05, 3.63) is 39.7 Å². The van der Waals surface area contributed by atoms with Gasteiger partial charge in [-0.25, -0.2) is 4.79 Å². The van der Waals surface area contributed by atoms with Gasteiger partial charge in [0.25, 0.3) is 0 Å². The topological polar surface area (TPSA) is 92.7 Å². The summed E-state index contributed by atoms with van der Waals surface area (Å²) in [5, 5.41) is 13.2. The number of carbonyl (C=O) groups excluding carboxylic acids is 2. The standard InChI is InChI=1S/C21H22ClNO5S/c1-11-16(12-7-9-13(22)10-8-12)17(21(27)28-2)19(29-11)23-18(24)14-5-3-4-6-15(14)20(25)26/h7-10,14-15H,3-6H2,1-2H3,(H,23,24)(H,25,26)/t14-,15-/m1/s1. The maximum Gasteiger partial charge on any atom is 0.341 e. The second-order valence-corrected chi connectivity index (χ2v) is 8.72. The Bertz CT molecular complexity index is 937. The van der Waals surface area contributed by atoms with Gasteiger partial charge in [0.15, 0.2) is 0 Å². The summed E-state index contributed by atoms with van der Waals surface area (Å²) in [6, 6.07) is 7.06. The van der Waals surface area contributed by atoms with E-state index in [-0.39, 0.29) is 11.5 Å². The van der Waals surface area contributed by atoms with Crippen LogP contribution in [0.3, 0.4) is 0 Å². The minimum Gasteiger partial charge on any atom is -0.481 e. The van der Waals surface area contributed by atoms with E-state index in [4.69, 9.17) is 16.3 Å². The molecular weight excluding hydrogens is 414 g/mol. The number of halogens is 1. The number of benzene rings is 1. The smallest absolute Gasteiger partial charge is 0.341 e. The molecule has 8 heteroatoms. The number of thiophene rings is 1. The highest BCUT2D eigenvalue weighted by Gasteiger charge is 2.36. The first kappa shape index (κ1) is 21.3. The lowest BCUT2D eigenvalue weighted by Crippen LogP contribution is -2.36. The zero-order chi connectivity index (χ0) is 21.1. The summed E-state index contributed by atoms with van der Waals surface area (Å²) in [5.41, 5.74) is 1.73. The van der Waals surface area contributed by atoms with E-state index >= 15 is 0 Å². The van der Waals surface area contributed by atoms with Crippen LogP contribution in [0.15, 0.2) is 24.3 Å². The molecule has 1 aliphatic carbocycles. The molecule has 6 nitrogen and oxygen atoms in total. The van der Waals surface area contributed by atoms with Gasteiger partial charge in [-0.2, -0.15) is 0 Å². The van der Waals surface area contributed by atoms with Crippen molar-refractivity contribution >= 4 is 45.8 Å². The Balaban J connectivity index is 1.98. The van der Waals surface area contributed by atoms with Crippen molar-refractivity contribution < 1.29 is 24.2 Å². The third-order valence-corrected chi connectivity index (χ3v) is 6.54. The predicted octanol–water partition coefficient (Wildman–Crippen LogP) is 4.99. The quantitative estimate of drug-likeness (QED) is 0.645. The SMILES string of the molecule is COC(=O)c1c(NC(=O)[C@@H]2CCCC[C@H]2C(=O)O)sc(C)c1-c1ccc(Cl)cc1. The molecule has 0 saturated heterocycles. The molecule has 1 aromatic carbocycles. The molecule has 2 N–H and O–H groups in total. The van der Waals surface area contributed by atoms with Crippen LogP contribution in [0.1, 0.15) is 40.9 Å². The second-order valence-electron chi connectivity index (χ2n) is 7.06. The van der Waals surface area contributed by atoms with E-state index in [2.05, 4.69) is 5.32 Å². The van der Waals surface area contributed by atoms with Gasteiger partial charge in [-0.05, 0) is 37.5 Å². The van der Waals surface area contributed by atoms with Crippen molar-refractivity contribution in [3.8, 4) is 11.1 Å². The van der Waals surface area contributed by atoms with E-state index in [9.17, 15) is 19.5 Å². The lowest BCUT2D eigenvalue weighted by atomic mass is 9.78. The van der Waals surface area contributed by atoms with Crippen LogP contribution >= 0.6 is 22.9 Å². The Morgan fingerprint density at radius 1 is 1.14 bits per heavy atom. The summed E-state index contributed by atoms with van der Waals surface area (Å²) in [6.45, 7) is 1.86. The molecule has 1 aliphatic rings. The minimum atomic E-state index is -0.956. The molecule has 0 bridgehead atoms. The number of nitrogens with one attached hydrogen (secondary N) is 1. The highest BCUT2D eigenvalue weighted by atomic mass is 35.5. The van der Waals surface area contributed by atoms with Gasteiger partial charge in [-0.15, -0.1) is 11.3 Å². The third-order valence-electron chi connectivity index (χ3n) is 5.26. The van der Waals surface area contributed by atoms with Crippen LogP contribution in [-0.2, 0) is 14.3 Å². The van der Waals surface area contributed by atoms with Gasteiger partial charge in [0.2, 0.25) is 5.91 Å². The number of carbonyl (C=O) groups is 3. The Kier molecular flexibility index (Phi) is 6.59. The van der Waals surface area contributed by atoms with Crippen molar-refractivity contribution in [2.24, 2.45) is 11.8 Å². The molecule has 0 unspecified atom stereocenters. The first-order valence-corrected chi connectivity index (χ1v) is 10.5. The number of carboxylic acids is 1. The van der Waals surface area contributed by atoms with E-state index in [0.717, 1.165) is 23.3 Å². The average molecular weight is 436 g/mol. The van der Waals surface area contributed by atoms with Crippen LogP contribution in [0.2, 0.25) is 5.02 Å². The number of rotatable bonds is 5. The maximum atomic E-state index is 12.9. The highest BCUT2D eigenvalue weighted by Crippen LogP contribution is 2.41. The summed E-state index contributed by atoms with van der Waals surface area (Å²) in [6.07, 6.45) is 2.61. The molecule has 0 aliphatic heterocycles. The van der Waals surface area contributed by atoms with Gasteiger partial charge in [0.1, 0.15) is 10.6 Å². The molecule has 1 heterocycles. The molecule has 1 fully saturated rings. The van der Waals surface area contributed by atoms with Gasteiger partial charge >= 0.3 is 11.9 Å². The zero-order valence-corrected chi connectivity index (χ0v) is 17.7. The molecule has 3 rings (SSSR count). The fourth-order valence-corrected chi connectivity index (χ4v) is 5.03. The maximum absolute atomic E-state index is 12.9. The molecule has 1 aromatic heterocycles. The number of ether oxygens (including phenoxy) is 1. The Morgan fingerprint density at radius 2 is 1.76 bits per heavy atom. The normalized spacial score (nSPS) is 18.9. The number of carboxylic acid groups (broad SMARTS) is 1.